The highest BCUT2D eigenvalue weighted by molar-refractivity contribution is 5.44. The molecule has 0 saturated heterocycles. The predicted molar refractivity (Wildman–Crippen MR) is 77.3 cm³/mol. The Bertz CT molecular complexity index is 566. The number of rotatable bonds is 5. The topological polar surface area (TPSA) is 51.6 Å². The lowest BCUT2D eigenvalue weighted by Crippen LogP contribution is -1.98. The average molecular weight is 273 g/mol. The van der Waals surface area contributed by atoms with E-state index < -0.39 is 6.10 Å². The fourth-order valence-corrected chi connectivity index (χ4v) is 1.84. The van der Waals surface area contributed by atoms with Crippen molar-refractivity contribution < 1.29 is 14.6 Å². The minimum atomic E-state index is -0.530. The SMILES string of the molecule is CC[C@@H](O)c1ccc(Oc2ccc(C)cc2OC)cn1. The van der Waals surface area contributed by atoms with Gasteiger partial charge in [0.25, 0.3) is 0 Å². The molecule has 2 rings (SSSR count). The fourth-order valence-electron chi connectivity index (χ4n) is 1.84. The Morgan fingerprint density at radius 1 is 1.20 bits per heavy atom. The van der Waals surface area contributed by atoms with Gasteiger partial charge in [-0.3, -0.25) is 4.98 Å². The van der Waals surface area contributed by atoms with Crippen molar-refractivity contribution in [3.8, 4) is 17.2 Å². The van der Waals surface area contributed by atoms with Crippen molar-refractivity contribution >= 4 is 0 Å². The lowest BCUT2D eigenvalue weighted by Gasteiger charge is -2.12. The van der Waals surface area contributed by atoms with E-state index in [-0.39, 0.29) is 0 Å². The second-order valence-corrected chi connectivity index (χ2v) is 4.60. The first kappa shape index (κ1) is 14.3. The van der Waals surface area contributed by atoms with Crippen LogP contribution in [-0.2, 0) is 0 Å². The van der Waals surface area contributed by atoms with Crippen LogP contribution in [0.5, 0.6) is 17.2 Å². The molecular formula is C16H19NO3. The third-order valence-electron chi connectivity index (χ3n) is 3.03. The number of ether oxygens (including phenoxy) is 2. The zero-order chi connectivity index (χ0) is 14.5. The van der Waals surface area contributed by atoms with E-state index in [2.05, 4.69) is 4.98 Å². The van der Waals surface area contributed by atoms with Crippen LogP contribution < -0.4 is 9.47 Å². The summed E-state index contributed by atoms with van der Waals surface area (Å²) in [6, 6.07) is 9.30. The van der Waals surface area contributed by atoms with Crippen LogP contribution in [0.2, 0.25) is 0 Å². The number of aromatic nitrogens is 1. The molecule has 0 aliphatic rings. The molecule has 1 N–H and O–H groups in total. The monoisotopic (exact) mass is 273 g/mol. The molecule has 0 bridgehead atoms. The van der Waals surface area contributed by atoms with Gasteiger partial charge in [-0.05, 0) is 43.2 Å². The zero-order valence-corrected chi connectivity index (χ0v) is 12.0. The molecule has 0 aliphatic heterocycles. The van der Waals surface area contributed by atoms with Crippen molar-refractivity contribution in [1.82, 2.24) is 4.98 Å². The fraction of sp³-hybridized carbons (Fsp3) is 0.312. The Kier molecular flexibility index (Phi) is 4.58. The Morgan fingerprint density at radius 2 is 2.00 bits per heavy atom. The summed E-state index contributed by atoms with van der Waals surface area (Å²) in [5, 5.41) is 9.70. The van der Waals surface area contributed by atoms with Crippen LogP contribution in [0.15, 0.2) is 36.5 Å². The van der Waals surface area contributed by atoms with Gasteiger partial charge < -0.3 is 14.6 Å². The Morgan fingerprint density at radius 3 is 2.60 bits per heavy atom. The maximum absolute atomic E-state index is 9.70. The van der Waals surface area contributed by atoms with Crippen LogP contribution in [0.25, 0.3) is 0 Å². The summed E-state index contributed by atoms with van der Waals surface area (Å²) >= 11 is 0. The summed E-state index contributed by atoms with van der Waals surface area (Å²) in [5.74, 6) is 1.94. The Labute approximate surface area is 119 Å². The lowest BCUT2D eigenvalue weighted by molar-refractivity contribution is 0.169. The molecule has 0 aliphatic carbocycles. The number of hydrogen-bond acceptors (Lipinski definition) is 4. The number of methoxy groups -OCH3 is 1. The van der Waals surface area contributed by atoms with Crippen LogP contribution in [0.3, 0.4) is 0 Å². The van der Waals surface area contributed by atoms with Crippen LogP contribution in [0, 0.1) is 6.92 Å². The van der Waals surface area contributed by atoms with Crippen LogP contribution in [0.4, 0.5) is 0 Å². The molecule has 0 saturated carbocycles. The first-order valence-corrected chi connectivity index (χ1v) is 6.60. The molecule has 1 aromatic carbocycles. The molecule has 1 atom stereocenters. The van der Waals surface area contributed by atoms with Crippen LogP contribution >= 0.6 is 0 Å². The second kappa shape index (κ2) is 6.39. The summed E-state index contributed by atoms with van der Waals surface area (Å²) in [4.78, 5) is 4.20. The van der Waals surface area contributed by atoms with Crippen molar-refractivity contribution in [2.24, 2.45) is 0 Å². The Balaban J connectivity index is 2.18. The highest BCUT2D eigenvalue weighted by atomic mass is 16.5. The number of aliphatic hydroxyl groups excluding tert-OH is 1. The molecule has 106 valence electrons. The Hall–Kier alpha value is -2.07. The van der Waals surface area contributed by atoms with Gasteiger partial charge in [-0.1, -0.05) is 13.0 Å². The molecule has 0 radical (unpaired) electrons. The molecule has 0 fully saturated rings. The first-order chi connectivity index (χ1) is 9.63. The van der Waals surface area contributed by atoms with Crippen molar-refractivity contribution in [3.63, 3.8) is 0 Å². The largest absolute Gasteiger partial charge is 0.493 e. The van der Waals surface area contributed by atoms with E-state index in [1.807, 2.05) is 32.0 Å². The number of benzene rings is 1. The summed E-state index contributed by atoms with van der Waals surface area (Å²) < 4.78 is 11.0. The molecule has 20 heavy (non-hydrogen) atoms. The smallest absolute Gasteiger partial charge is 0.169 e. The number of hydrogen-bond donors (Lipinski definition) is 1. The van der Waals surface area contributed by atoms with E-state index in [1.165, 1.54) is 0 Å². The minimum Gasteiger partial charge on any atom is -0.493 e. The van der Waals surface area contributed by atoms with Gasteiger partial charge in [0.1, 0.15) is 5.75 Å². The van der Waals surface area contributed by atoms with Gasteiger partial charge in [0, 0.05) is 0 Å². The summed E-state index contributed by atoms with van der Waals surface area (Å²) in [5.41, 5.74) is 1.75. The zero-order valence-electron chi connectivity index (χ0n) is 12.0. The van der Waals surface area contributed by atoms with Crippen molar-refractivity contribution in [3.05, 3.63) is 47.8 Å². The molecule has 0 amide bonds. The average Bonchev–Trinajstić information content (AvgIpc) is 2.49. The quantitative estimate of drug-likeness (QED) is 0.903. The van der Waals surface area contributed by atoms with E-state index in [1.54, 1.807) is 25.4 Å². The third kappa shape index (κ3) is 3.27. The van der Waals surface area contributed by atoms with E-state index in [0.29, 0.717) is 29.4 Å². The highest BCUT2D eigenvalue weighted by Gasteiger charge is 2.08. The number of nitrogens with zero attached hydrogens (tertiary/aromatic N) is 1. The molecule has 1 heterocycles. The van der Waals surface area contributed by atoms with E-state index in [4.69, 9.17) is 9.47 Å². The summed E-state index contributed by atoms with van der Waals surface area (Å²) in [7, 11) is 1.61. The van der Waals surface area contributed by atoms with Gasteiger partial charge in [0.15, 0.2) is 11.5 Å². The van der Waals surface area contributed by atoms with E-state index in [0.717, 1.165) is 5.56 Å². The van der Waals surface area contributed by atoms with Crippen molar-refractivity contribution in [1.29, 1.82) is 0 Å². The molecule has 4 nitrogen and oxygen atoms in total. The molecule has 2 aromatic rings. The summed E-state index contributed by atoms with van der Waals surface area (Å²) in [6.07, 6.45) is 1.71. The third-order valence-corrected chi connectivity index (χ3v) is 3.03. The maximum atomic E-state index is 9.70. The van der Waals surface area contributed by atoms with Gasteiger partial charge in [-0.2, -0.15) is 0 Å². The van der Waals surface area contributed by atoms with Gasteiger partial charge in [0.05, 0.1) is 25.1 Å². The first-order valence-electron chi connectivity index (χ1n) is 6.60. The standard InChI is InChI=1S/C16H19NO3/c1-4-14(18)13-7-6-12(10-17-13)20-15-8-5-11(2)9-16(15)19-3/h5-10,14,18H,4H2,1-3H3/t14-/m1/s1. The molecular weight excluding hydrogens is 254 g/mol. The number of pyridine rings is 1. The number of aliphatic hydroxyl groups is 1. The minimum absolute atomic E-state index is 0.530. The van der Waals surface area contributed by atoms with Gasteiger partial charge >= 0.3 is 0 Å². The van der Waals surface area contributed by atoms with Gasteiger partial charge in [-0.25, -0.2) is 0 Å². The van der Waals surface area contributed by atoms with E-state index in [9.17, 15) is 5.11 Å². The molecule has 0 spiro atoms. The van der Waals surface area contributed by atoms with E-state index >= 15 is 0 Å². The van der Waals surface area contributed by atoms with Gasteiger partial charge in [-0.15, -0.1) is 0 Å². The number of aryl methyl sites for hydroxylation is 1. The second-order valence-electron chi connectivity index (χ2n) is 4.60. The van der Waals surface area contributed by atoms with Crippen molar-refractivity contribution in [2.75, 3.05) is 7.11 Å². The molecule has 0 unspecified atom stereocenters. The van der Waals surface area contributed by atoms with Gasteiger partial charge in [0.2, 0.25) is 0 Å². The molecule has 1 aromatic heterocycles. The van der Waals surface area contributed by atoms with Crippen LogP contribution in [0.1, 0.15) is 30.7 Å². The lowest BCUT2D eigenvalue weighted by atomic mass is 10.2. The normalized spacial score (nSPS) is 12.0. The predicted octanol–water partition coefficient (Wildman–Crippen LogP) is 3.63. The van der Waals surface area contributed by atoms with Crippen molar-refractivity contribution in [2.45, 2.75) is 26.4 Å². The molecule has 4 heteroatoms. The van der Waals surface area contributed by atoms with Crippen LogP contribution in [-0.4, -0.2) is 17.2 Å². The summed E-state index contributed by atoms with van der Waals surface area (Å²) in [6.45, 7) is 3.91. The maximum Gasteiger partial charge on any atom is 0.169 e. The highest BCUT2D eigenvalue weighted by Crippen LogP contribution is 2.32.